The molecule has 2 rings (SSSR count). The lowest BCUT2D eigenvalue weighted by Crippen LogP contribution is -2.11. The predicted octanol–water partition coefficient (Wildman–Crippen LogP) is 4.97. The van der Waals surface area contributed by atoms with Crippen molar-refractivity contribution in [1.29, 1.82) is 0 Å². The fourth-order valence-corrected chi connectivity index (χ4v) is 2.63. The SMILES string of the molecule is CC(Nc1cccc(Cl)c1C(=O)O)c1cccc(Br)c1. The van der Waals surface area contributed by atoms with Gasteiger partial charge >= 0.3 is 5.97 Å². The Hall–Kier alpha value is -1.52. The zero-order valence-electron chi connectivity index (χ0n) is 10.7. The third kappa shape index (κ3) is 3.32. The van der Waals surface area contributed by atoms with Crippen LogP contribution in [0.3, 0.4) is 0 Å². The van der Waals surface area contributed by atoms with Crippen LogP contribution in [0, 0.1) is 0 Å². The highest BCUT2D eigenvalue weighted by Crippen LogP contribution is 2.28. The summed E-state index contributed by atoms with van der Waals surface area (Å²) in [5.41, 5.74) is 1.66. The molecule has 0 spiro atoms. The van der Waals surface area contributed by atoms with Gasteiger partial charge in [0.2, 0.25) is 0 Å². The molecule has 1 unspecified atom stereocenters. The molecule has 0 aliphatic rings. The van der Waals surface area contributed by atoms with Crippen molar-refractivity contribution in [2.45, 2.75) is 13.0 Å². The number of anilines is 1. The van der Waals surface area contributed by atoms with E-state index in [1.807, 2.05) is 31.2 Å². The molecule has 104 valence electrons. The second-order valence-electron chi connectivity index (χ2n) is 4.39. The second-order valence-corrected chi connectivity index (χ2v) is 5.71. The highest BCUT2D eigenvalue weighted by Gasteiger charge is 2.16. The van der Waals surface area contributed by atoms with Crippen molar-refractivity contribution in [2.24, 2.45) is 0 Å². The molecule has 5 heteroatoms. The predicted molar refractivity (Wildman–Crippen MR) is 84.6 cm³/mol. The number of halogens is 2. The Morgan fingerprint density at radius 3 is 2.65 bits per heavy atom. The molecule has 0 radical (unpaired) electrons. The van der Waals surface area contributed by atoms with E-state index in [4.69, 9.17) is 11.6 Å². The molecule has 0 amide bonds. The van der Waals surface area contributed by atoms with Crippen LogP contribution in [0.5, 0.6) is 0 Å². The van der Waals surface area contributed by atoms with E-state index in [0.29, 0.717) is 5.69 Å². The number of carboxylic acids is 1. The third-order valence-corrected chi connectivity index (χ3v) is 3.76. The molecule has 0 fully saturated rings. The lowest BCUT2D eigenvalue weighted by Gasteiger charge is -2.18. The summed E-state index contributed by atoms with van der Waals surface area (Å²) in [4.78, 5) is 11.3. The minimum Gasteiger partial charge on any atom is -0.478 e. The molecule has 1 atom stereocenters. The first-order valence-electron chi connectivity index (χ1n) is 6.03. The topological polar surface area (TPSA) is 49.3 Å². The maximum absolute atomic E-state index is 11.3. The summed E-state index contributed by atoms with van der Waals surface area (Å²) in [7, 11) is 0. The molecule has 2 aromatic carbocycles. The smallest absolute Gasteiger partial charge is 0.339 e. The van der Waals surface area contributed by atoms with Gasteiger partial charge in [-0.2, -0.15) is 0 Å². The zero-order chi connectivity index (χ0) is 14.7. The Balaban J connectivity index is 2.30. The number of hydrogen-bond donors (Lipinski definition) is 2. The van der Waals surface area contributed by atoms with E-state index in [9.17, 15) is 9.90 Å². The Bertz CT molecular complexity index is 646. The van der Waals surface area contributed by atoms with Gasteiger partial charge in [-0.1, -0.05) is 45.7 Å². The summed E-state index contributed by atoms with van der Waals surface area (Å²) < 4.78 is 0.980. The number of benzene rings is 2. The van der Waals surface area contributed by atoms with Crippen molar-refractivity contribution < 1.29 is 9.90 Å². The Morgan fingerprint density at radius 2 is 2.00 bits per heavy atom. The summed E-state index contributed by atoms with van der Waals surface area (Å²) in [5, 5.41) is 12.7. The van der Waals surface area contributed by atoms with Crippen molar-refractivity contribution in [3.63, 3.8) is 0 Å². The lowest BCUT2D eigenvalue weighted by molar-refractivity contribution is 0.0698. The summed E-state index contributed by atoms with van der Waals surface area (Å²) in [6, 6.07) is 12.8. The van der Waals surface area contributed by atoms with Gasteiger partial charge in [-0.3, -0.25) is 0 Å². The van der Waals surface area contributed by atoms with Crippen LogP contribution in [-0.2, 0) is 0 Å². The van der Waals surface area contributed by atoms with Crippen molar-refractivity contribution in [3.8, 4) is 0 Å². The molecule has 0 bridgehead atoms. The van der Waals surface area contributed by atoms with Crippen LogP contribution in [0.15, 0.2) is 46.9 Å². The van der Waals surface area contributed by atoms with Gasteiger partial charge in [0.1, 0.15) is 5.56 Å². The normalized spacial score (nSPS) is 11.9. The minimum absolute atomic E-state index is 0.0379. The molecule has 0 aliphatic heterocycles. The van der Waals surface area contributed by atoms with E-state index < -0.39 is 5.97 Å². The van der Waals surface area contributed by atoms with Crippen LogP contribution >= 0.6 is 27.5 Å². The number of nitrogens with one attached hydrogen (secondary N) is 1. The van der Waals surface area contributed by atoms with Crippen molar-refractivity contribution in [1.82, 2.24) is 0 Å². The van der Waals surface area contributed by atoms with Gasteiger partial charge in [0.25, 0.3) is 0 Å². The van der Waals surface area contributed by atoms with Crippen molar-refractivity contribution in [2.75, 3.05) is 5.32 Å². The minimum atomic E-state index is -1.04. The van der Waals surface area contributed by atoms with Gasteiger partial charge in [-0.05, 0) is 36.8 Å². The number of hydrogen-bond acceptors (Lipinski definition) is 2. The maximum Gasteiger partial charge on any atom is 0.339 e. The van der Waals surface area contributed by atoms with E-state index in [2.05, 4.69) is 21.2 Å². The van der Waals surface area contributed by atoms with Gasteiger partial charge in [-0.15, -0.1) is 0 Å². The number of rotatable bonds is 4. The van der Waals surface area contributed by atoms with Crippen LogP contribution in [-0.4, -0.2) is 11.1 Å². The maximum atomic E-state index is 11.3. The number of carbonyl (C=O) groups is 1. The highest BCUT2D eigenvalue weighted by molar-refractivity contribution is 9.10. The van der Waals surface area contributed by atoms with Crippen LogP contribution in [0.1, 0.15) is 28.9 Å². The summed E-state index contributed by atoms with van der Waals surface area (Å²) in [6.45, 7) is 1.97. The molecule has 0 aromatic heterocycles. The first-order chi connectivity index (χ1) is 9.49. The first-order valence-corrected chi connectivity index (χ1v) is 7.20. The third-order valence-electron chi connectivity index (χ3n) is 2.95. The quantitative estimate of drug-likeness (QED) is 0.814. The molecule has 20 heavy (non-hydrogen) atoms. The van der Waals surface area contributed by atoms with E-state index in [1.54, 1.807) is 18.2 Å². The Labute approximate surface area is 130 Å². The molecule has 2 aromatic rings. The van der Waals surface area contributed by atoms with Crippen molar-refractivity contribution >= 4 is 39.2 Å². The van der Waals surface area contributed by atoms with E-state index >= 15 is 0 Å². The van der Waals surface area contributed by atoms with E-state index in [0.717, 1.165) is 10.0 Å². The van der Waals surface area contributed by atoms with Gasteiger partial charge in [0.15, 0.2) is 0 Å². The summed E-state index contributed by atoms with van der Waals surface area (Å²) in [6.07, 6.45) is 0. The average Bonchev–Trinajstić information content (AvgIpc) is 2.38. The largest absolute Gasteiger partial charge is 0.478 e. The molecule has 0 saturated heterocycles. The monoisotopic (exact) mass is 353 g/mol. The fourth-order valence-electron chi connectivity index (χ4n) is 1.95. The number of aromatic carboxylic acids is 1. The van der Waals surface area contributed by atoms with Gasteiger partial charge in [0, 0.05) is 10.5 Å². The molecule has 3 nitrogen and oxygen atoms in total. The fraction of sp³-hybridized carbons (Fsp3) is 0.133. The summed E-state index contributed by atoms with van der Waals surface area (Å²) >= 11 is 9.37. The standard InChI is InChI=1S/C15H13BrClNO2/c1-9(10-4-2-5-11(16)8-10)18-13-7-3-6-12(17)14(13)15(19)20/h2-9,18H,1H3,(H,19,20). The zero-order valence-corrected chi connectivity index (χ0v) is 13.1. The average molecular weight is 355 g/mol. The molecule has 2 N–H and O–H groups in total. The molecular weight excluding hydrogens is 342 g/mol. The lowest BCUT2D eigenvalue weighted by atomic mass is 10.1. The van der Waals surface area contributed by atoms with Crippen LogP contribution in [0.2, 0.25) is 5.02 Å². The summed E-state index contributed by atoms with van der Waals surface area (Å²) in [5.74, 6) is -1.04. The van der Waals surface area contributed by atoms with Gasteiger partial charge in [0.05, 0.1) is 10.7 Å². The molecular formula is C15H13BrClNO2. The Morgan fingerprint density at radius 1 is 1.30 bits per heavy atom. The highest BCUT2D eigenvalue weighted by atomic mass is 79.9. The molecule has 0 heterocycles. The number of carboxylic acid groups (broad SMARTS) is 1. The molecule has 0 aliphatic carbocycles. The van der Waals surface area contributed by atoms with E-state index in [1.165, 1.54) is 0 Å². The second kappa shape index (κ2) is 6.29. The van der Waals surface area contributed by atoms with Crippen molar-refractivity contribution in [3.05, 3.63) is 63.1 Å². The van der Waals surface area contributed by atoms with Crippen LogP contribution < -0.4 is 5.32 Å². The first kappa shape index (κ1) is 14.9. The Kier molecular flexibility index (Phi) is 4.68. The van der Waals surface area contributed by atoms with Gasteiger partial charge in [-0.25, -0.2) is 4.79 Å². The van der Waals surface area contributed by atoms with Gasteiger partial charge < -0.3 is 10.4 Å². The van der Waals surface area contributed by atoms with E-state index in [-0.39, 0.29) is 16.6 Å². The molecule has 0 saturated carbocycles. The van der Waals surface area contributed by atoms with Crippen LogP contribution in [0.25, 0.3) is 0 Å². The van der Waals surface area contributed by atoms with Crippen LogP contribution in [0.4, 0.5) is 5.69 Å².